The van der Waals surface area contributed by atoms with Crippen LogP contribution in [0.1, 0.15) is 194 Å². The molecule has 0 rings (SSSR count). The molecule has 0 bridgehead atoms. The second-order valence-electron chi connectivity index (χ2n) is 20.5. The number of nitrogens with zero attached hydrogens (tertiary/aromatic N) is 1. The number of carboxylic acid groups (broad SMARTS) is 1. The summed E-state index contributed by atoms with van der Waals surface area (Å²) in [6.07, 6.45) is 85.4. The van der Waals surface area contributed by atoms with Crippen molar-refractivity contribution >= 4 is 17.9 Å². The van der Waals surface area contributed by atoms with Crippen LogP contribution in [0.25, 0.3) is 0 Å². The van der Waals surface area contributed by atoms with E-state index < -0.39 is 24.3 Å². The molecule has 0 N–H and O–H groups in total. The van der Waals surface area contributed by atoms with Crippen LogP contribution in [0.3, 0.4) is 0 Å². The van der Waals surface area contributed by atoms with Crippen molar-refractivity contribution in [1.82, 2.24) is 0 Å². The van der Waals surface area contributed by atoms with Crippen molar-refractivity contribution in [2.75, 3.05) is 47.5 Å². The highest BCUT2D eigenvalue weighted by atomic mass is 16.7. The third kappa shape index (κ3) is 60.1. The van der Waals surface area contributed by atoms with Crippen LogP contribution in [-0.2, 0) is 33.3 Å². The number of aliphatic carboxylic acids is 1. The Morgan fingerprint density at radius 2 is 0.684 bits per heavy atom. The number of carboxylic acids is 1. The van der Waals surface area contributed by atoms with E-state index in [0.29, 0.717) is 23.9 Å². The summed E-state index contributed by atoms with van der Waals surface area (Å²) in [7, 11) is 5.89. The van der Waals surface area contributed by atoms with Gasteiger partial charge in [0, 0.05) is 12.8 Å². The van der Waals surface area contributed by atoms with Crippen molar-refractivity contribution in [3.8, 4) is 0 Å². The van der Waals surface area contributed by atoms with Gasteiger partial charge in [0.2, 0.25) is 0 Å². The minimum Gasteiger partial charge on any atom is -0.545 e. The largest absolute Gasteiger partial charge is 0.545 e. The van der Waals surface area contributed by atoms with Crippen molar-refractivity contribution in [1.29, 1.82) is 0 Å². The van der Waals surface area contributed by atoms with E-state index in [1.54, 1.807) is 0 Å². The molecule has 0 spiro atoms. The van der Waals surface area contributed by atoms with Crippen molar-refractivity contribution in [2.24, 2.45) is 0 Å². The van der Waals surface area contributed by atoms with Crippen LogP contribution in [0.2, 0.25) is 0 Å². The fourth-order valence-electron chi connectivity index (χ4n) is 7.38. The van der Waals surface area contributed by atoms with Gasteiger partial charge in [-0.25, -0.2) is 0 Å². The van der Waals surface area contributed by atoms with Crippen LogP contribution in [0.4, 0.5) is 0 Å². The summed E-state index contributed by atoms with van der Waals surface area (Å²) in [5.41, 5.74) is 0. The molecule has 0 amide bonds. The summed E-state index contributed by atoms with van der Waals surface area (Å²) in [6.45, 7) is 4.42. The number of quaternary nitrogens is 1. The first-order valence-electron chi connectivity index (χ1n) is 30.3. The summed E-state index contributed by atoms with van der Waals surface area (Å²) in [5.74, 6) is -2.38. The molecule has 9 heteroatoms. The maximum absolute atomic E-state index is 12.9. The number of unbranched alkanes of at least 4 members (excludes halogenated alkanes) is 10. The monoisotopic (exact) mass is 1090 g/mol. The molecule has 0 heterocycles. The quantitative estimate of drug-likeness (QED) is 0.0195. The van der Waals surface area contributed by atoms with E-state index in [1.165, 1.54) is 25.7 Å². The number of rotatable bonds is 53. The molecule has 0 radical (unpaired) electrons. The van der Waals surface area contributed by atoms with Crippen LogP contribution in [0, 0.1) is 0 Å². The fourth-order valence-corrected chi connectivity index (χ4v) is 7.38. The van der Waals surface area contributed by atoms with E-state index in [-0.39, 0.29) is 38.6 Å². The molecule has 0 aromatic heterocycles. The molecular formula is C70H109NO8. The third-order valence-corrected chi connectivity index (χ3v) is 12.0. The summed E-state index contributed by atoms with van der Waals surface area (Å²) in [4.78, 5) is 37.4. The first-order valence-corrected chi connectivity index (χ1v) is 30.3. The Kier molecular flexibility index (Phi) is 54.8. The molecule has 9 nitrogen and oxygen atoms in total. The smallest absolute Gasteiger partial charge is 0.306 e. The van der Waals surface area contributed by atoms with Crippen LogP contribution in [-0.4, -0.2) is 82.3 Å². The molecule has 442 valence electrons. The molecule has 2 atom stereocenters. The van der Waals surface area contributed by atoms with Gasteiger partial charge in [-0.3, -0.25) is 9.59 Å². The Labute approximate surface area is 482 Å². The zero-order valence-corrected chi connectivity index (χ0v) is 50.2. The zero-order valence-electron chi connectivity index (χ0n) is 50.2. The van der Waals surface area contributed by atoms with Gasteiger partial charge in [0.05, 0.1) is 40.3 Å². The van der Waals surface area contributed by atoms with Crippen LogP contribution in [0.15, 0.2) is 170 Å². The molecule has 0 fully saturated rings. The Morgan fingerprint density at radius 1 is 0.380 bits per heavy atom. The Morgan fingerprint density at radius 3 is 1.04 bits per heavy atom. The van der Waals surface area contributed by atoms with Crippen molar-refractivity contribution in [2.45, 2.75) is 206 Å². The lowest BCUT2D eigenvalue weighted by Crippen LogP contribution is -2.44. The Bertz CT molecular complexity index is 1900. The highest BCUT2D eigenvalue weighted by molar-refractivity contribution is 5.70. The molecule has 0 aliphatic carbocycles. The lowest BCUT2D eigenvalue weighted by Gasteiger charge is -2.26. The number of carbonyl (C=O) groups excluding carboxylic acids is 3. The zero-order chi connectivity index (χ0) is 57.6. The van der Waals surface area contributed by atoms with Crippen LogP contribution >= 0.6 is 0 Å². The highest BCUT2D eigenvalue weighted by Crippen LogP contribution is 2.13. The Hall–Kier alpha value is -5.35. The van der Waals surface area contributed by atoms with Gasteiger partial charge in [0.15, 0.2) is 12.4 Å². The van der Waals surface area contributed by atoms with Gasteiger partial charge in [-0.2, -0.15) is 0 Å². The first kappa shape index (κ1) is 73.7. The average Bonchev–Trinajstić information content (AvgIpc) is 3.42. The average molecular weight is 1090 g/mol. The van der Waals surface area contributed by atoms with Gasteiger partial charge < -0.3 is 33.3 Å². The fraction of sp³-hybridized carbons (Fsp3) is 0.557. The van der Waals surface area contributed by atoms with E-state index in [9.17, 15) is 19.5 Å². The summed E-state index contributed by atoms with van der Waals surface area (Å²) in [6, 6.07) is 0. The van der Waals surface area contributed by atoms with Gasteiger partial charge in [-0.15, -0.1) is 0 Å². The SMILES string of the molecule is CC/C=C\C/C=C\C/C=C\C/C=C\C/C=C\C/C=C\C/C=C\C/C=C\CCCCC(=O)OC(COC(=O)CCCCCCCCCC/C=C\C/C=C\C/C=C\C/C=C\C/C=C\C/C=C\CC)COC(OCC[N+](C)(C)C)C(=O)[O-]. The van der Waals surface area contributed by atoms with Gasteiger partial charge in [-0.1, -0.05) is 223 Å². The molecule has 0 aliphatic rings. The lowest BCUT2D eigenvalue weighted by atomic mass is 10.1. The topological polar surface area (TPSA) is 111 Å². The highest BCUT2D eigenvalue weighted by Gasteiger charge is 2.22. The number of ether oxygens (including phenoxy) is 4. The van der Waals surface area contributed by atoms with Gasteiger partial charge in [-0.05, 0) is 128 Å². The summed E-state index contributed by atoms with van der Waals surface area (Å²) in [5, 5.41) is 11.8. The Balaban J connectivity index is 4.39. The van der Waals surface area contributed by atoms with E-state index in [0.717, 1.165) is 128 Å². The van der Waals surface area contributed by atoms with E-state index in [4.69, 9.17) is 18.9 Å². The summed E-state index contributed by atoms with van der Waals surface area (Å²) < 4.78 is 22.6. The van der Waals surface area contributed by atoms with Crippen molar-refractivity contribution in [3.05, 3.63) is 170 Å². The first-order chi connectivity index (χ1) is 38.6. The number of carbonyl (C=O) groups is 3. The number of likely N-dealkylation sites (N-methyl/N-ethyl adjacent to an activating group) is 1. The van der Waals surface area contributed by atoms with Gasteiger partial charge >= 0.3 is 11.9 Å². The number of allylic oxidation sites excluding steroid dienone is 28. The maximum atomic E-state index is 12.9. The van der Waals surface area contributed by atoms with Crippen molar-refractivity contribution < 1.29 is 42.9 Å². The lowest BCUT2D eigenvalue weighted by molar-refractivity contribution is -0.870. The van der Waals surface area contributed by atoms with Crippen LogP contribution in [0.5, 0.6) is 0 Å². The molecule has 0 saturated heterocycles. The second-order valence-corrected chi connectivity index (χ2v) is 20.5. The minimum absolute atomic E-state index is 0.127. The molecule has 2 unspecified atom stereocenters. The number of hydrogen-bond acceptors (Lipinski definition) is 8. The minimum atomic E-state index is -1.65. The predicted molar refractivity (Wildman–Crippen MR) is 333 cm³/mol. The van der Waals surface area contributed by atoms with E-state index in [1.807, 2.05) is 21.1 Å². The van der Waals surface area contributed by atoms with Gasteiger partial charge in [0.1, 0.15) is 13.2 Å². The molecule has 0 aromatic rings. The molecule has 0 saturated carbocycles. The predicted octanol–water partition coefficient (Wildman–Crippen LogP) is 17.0. The third-order valence-electron chi connectivity index (χ3n) is 12.0. The second kappa shape index (κ2) is 58.8. The van der Waals surface area contributed by atoms with E-state index in [2.05, 4.69) is 184 Å². The maximum Gasteiger partial charge on any atom is 0.306 e. The van der Waals surface area contributed by atoms with Crippen molar-refractivity contribution in [3.63, 3.8) is 0 Å². The van der Waals surface area contributed by atoms with E-state index >= 15 is 0 Å². The van der Waals surface area contributed by atoms with Gasteiger partial charge in [0.25, 0.3) is 0 Å². The normalized spacial score (nSPS) is 14.0. The molecule has 0 aromatic carbocycles. The standard InChI is InChI=1S/C70H109NO8/c1-6-8-10-12-14-16-18-20-22-24-26-28-30-32-34-36-38-40-42-44-46-48-50-52-54-56-58-60-67(72)77-64-66(65-78-70(69(74)75)76-63-62-71(3,4)5)79-68(73)61-59-57-55-53-51-49-47-45-43-41-39-37-35-33-31-29-27-25-23-21-19-17-15-13-11-9-7-2/h8-11,14-17,20-23,26-29,32-35,38-41,45,47,51,53,66,70H,6-7,12-13,18-19,24-25,30-31,36-37,42-44,46,48-50,52,54-65H2,1-5H3/b10-8-,11-9-,16-14-,17-15-,22-20-,23-21-,28-26-,29-27-,34-32-,35-33-,40-38-,41-39-,47-45-,53-51-. The molecular weight excluding hydrogens is 983 g/mol. The summed E-state index contributed by atoms with van der Waals surface area (Å²) >= 11 is 0. The molecule has 79 heavy (non-hydrogen) atoms. The molecule has 0 aliphatic heterocycles. The number of esters is 2. The number of hydrogen-bond donors (Lipinski definition) is 0. The van der Waals surface area contributed by atoms with Crippen LogP contribution < -0.4 is 5.11 Å².